The molecule has 20 heavy (non-hydrogen) atoms. The predicted octanol–water partition coefficient (Wildman–Crippen LogP) is 3.18. The van der Waals surface area contributed by atoms with Crippen molar-refractivity contribution in [2.45, 2.75) is 45.6 Å². The Morgan fingerprint density at radius 1 is 1.30 bits per heavy atom. The van der Waals surface area contributed by atoms with Gasteiger partial charge in [0.05, 0.1) is 10.8 Å². The number of carbonyl (C=O) groups is 2. The van der Waals surface area contributed by atoms with Crippen LogP contribution in [0.5, 0.6) is 0 Å². The van der Waals surface area contributed by atoms with Gasteiger partial charge in [0.1, 0.15) is 5.60 Å². The van der Waals surface area contributed by atoms with Gasteiger partial charge in [0, 0.05) is 17.8 Å². The maximum atomic E-state index is 11.6. The molecule has 0 aliphatic rings. The van der Waals surface area contributed by atoms with E-state index in [0.29, 0.717) is 6.54 Å². The lowest BCUT2D eigenvalue weighted by Crippen LogP contribution is -2.28. The van der Waals surface area contributed by atoms with E-state index in [9.17, 15) is 9.59 Å². The molecule has 1 aromatic rings. The molecule has 0 aliphatic heterocycles. The Kier molecular flexibility index (Phi) is 6.49. The fraction of sp³-hybridized carbons (Fsp3) is 0.571. The van der Waals surface area contributed by atoms with E-state index in [4.69, 9.17) is 16.3 Å². The van der Waals surface area contributed by atoms with Crippen LogP contribution in [0.15, 0.2) is 12.1 Å². The molecular weight excluding hydrogens is 298 g/mol. The molecule has 0 fully saturated rings. The highest BCUT2D eigenvalue weighted by Gasteiger charge is 2.16. The molecule has 0 saturated heterocycles. The number of amides is 1. The van der Waals surface area contributed by atoms with E-state index in [-0.39, 0.29) is 24.7 Å². The summed E-state index contributed by atoms with van der Waals surface area (Å²) in [5.41, 5.74) is -0.508. The SMILES string of the molecule is CC(C)(C)OC(=O)CCC(=O)NCCc1ccc(Cl)s1. The molecule has 0 aliphatic carbocycles. The molecule has 1 N–H and O–H groups in total. The number of esters is 1. The summed E-state index contributed by atoms with van der Waals surface area (Å²) in [6.45, 7) is 5.95. The zero-order valence-electron chi connectivity index (χ0n) is 12.0. The lowest BCUT2D eigenvalue weighted by Gasteiger charge is -2.19. The van der Waals surface area contributed by atoms with Crippen LogP contribution in [0, 0.1) is 0 Å². The standard InChI is InChI=1S/C14H20ClNO3S/c1-14(2,3)19-13(18)7-6-12(17)16-9-8-10-4-5-11(15)20-10/h4-5H,6-9H2,1-3H3,(H,16,17). The molecule has 6 heteroatoms. The van der Waals surface area contributed by atoms with Gasteiger partial charge in [-0.15, -0.1) is 11.3 Å². The van der Waals surface area contributed by atoms with Crippen LogP contribution in [0.2, 0.25) is 4.34 Å². The van der Waals surface area contributed by atoms with Crippen molar-refractivity contribution in [2.24, 2.45) is 0 Å². The van der Waals surface area contributed by atoms with Crippen molar-refractivity contribution < 1.29 is 14.3 Å². The Morgan fingerprint density at radius 2 is 2.00 bits per heavy atom. The highest BCUT2D eigenvalue weighted by molar-refractivity contribution is 7.16. The monoisotopic (exact) mass is 317 g/mol. The van der Waals surface area contributed by atoms with Gasteiger partial charge in [-0.25, -0.2) is 0 Å². The zero-order chi connectivity index (χ0) is 15.2. The summed E-state index contributed by atoms with van der Waals surface area (Å²) in [7, 11) is 0. The Bertz CT molecular complexity index is 465. The average Bonchev–Trinajstić information content (AvgIpc) is 2.70. The summed E-state index contributed by atoms with van der Waals surface area (Å²) in [5.74, 6) is -0.490. The second-order valence-corrected chi connectivity index (χ2v) is 7.19. The quantitative estimate of drug-likeness (QED) is 0.820. The number of rotatable bonds is 6. The topological polar surface area (TPSA) is 55.4 Å². The summed E-state index contributed by atoms with van der Waals surface area (Å²) in [4.78, 5) is 24.1. The van der Waals surface area contributed by atoms with Crippen molar-refractivity contribution in [2.75, 3.05) is 6.54 Å². The van der Waals surface area contributed by atoms with Crippen molar-refractivity contribution in [3.8, 4) is 0 Å². The Hall–Kier alpha value is -1.07. The lowest BCUT2D eigenvalue weighted by atomic mass is 10.2. The molecule has 1 rings (SSSR count). The molecule has 1 amide bonds. The van der Waals surface area contributed by atoms with Gasteiger partial charge in [0.2, 0.25) is 5.91 Å². The van der Waals surface area contributed by atoms with E-state index in [1.165, 1.54) is 11.3 Å². The highest BCUT2D eigenvalue weighted by atomic mass is 35.5. The van der Waals surface area contributed by atoms with Crippen LogP contribution in [0.4, 0.5) is 0 Å². The van der Waals surface area contributed by atoms with Gasteiger partial charge >= 0.3 is 5.97 Å². The van der Waals surface area contributed by atoms with Gasteiger partial charge in [-0.05, 0) is 39.3 Å². The molecule has 0 aromatic carbocycles. The Balaban J connectivity index is 2.16. The van der Waals surface area contributed by atoms with Crippen LogP contribution < -0.4 is 5.32 Å². The van der Waals surface area contributed by atoms with Crippen LogP contribution in [-0.4, -0.2) is 24.0 Å². The van der Waals surface area contributed by atoms with Crippen LogP contribution in [-0.2, 0) is 20.7 Å². The fourth-order valence-electron chi connectivity index (χ4n) is 1.51. The number of hydrogen-bond donors (Lipinski definition) is 1. The minimum absolute atomic E-state index is 0.105. The number of hydrogen-bond acceptors (Lipinski definition) is 4. The predicted molar refractivity (Wildman–Crippen MR) is 81.1 cm³/mol. The van der Waals surface area contributed by atoms with E-state index in [1.807, 2.05) is 12.1 Å². The van der Waals surface area contributed by atoms with Crippen molar-refractivity contribution in [3.63, 3.8) is 0 Å². The van der Waals surface area contributed by atoms with E-state index < -0.39 is 5.60 Å². The van der Waals surface area contributed by atoms with Gasteiger partial charge in [0.25, 0.3) is 0 Å². The fourth-order valence-corrected chi connectivity index (χ4v) is 2.59. The molecule has 112 valence electrons. The van der Waals surface area contributed by atoms with E-state index in [0.717, 1.165) is 15.6 Å². The van der Waals surface area contributed by atoms with Crippen LogP contribution in [0.3, 0.4) is 0 Å². The molecule has 4 nitrogen and oxygen atoms in total. The Morgan fingerprint density at radius 3 is 2.55 bits per heavy atom. The average molecular weight is 318 g/mol. The maximum Gasteiger partial charge on any atom is 0.306 e. The summed E-state index contributed by atoms with van der Waals surface area (Å²) in [6, 6.07) is 3.78. The molecule has 0 unspecified atom stereocenters. The second kappa shape index (κ2) is 7.64. The third-order valence-electron chi connectivity index (χ3n) is 2.30. The van der Waals surface area contributed by atoms with Gasteiger partial charge in [0.15, 0.2) is 0 Å². The second-order valence-electron chi connectivity index (χ2n) is 5.39. The molecule has 0 spiro atoms. The minimum Gasteiger partial charge on any atom is -0.460 e. The first kappa shape index (κ1) is 17.0. The minimum atomic E-state index is -0.508. The first-order valence-corrected chi connectivity index (χ1v) is 7.68. The normalized spacial score (nSPS) is 11.2. The number of nitrogens with one attached hydrogen (secondary N) is 1. The van der Waals surface area contributed by atoms with Gasteiger partial charge < -0.3 is 10.1 Å². The first-order chi connectivity index (χ1) is 9.26. The van der Waals surface area contributed by atoms with Crippen molar-refractivity contribution in [1.82, 2.24) is 5.32 Å². The molecular formula is C14H20ClNO3S. The van der Waals surface area contributed by atoms with Gasteiger partial charge in [-0.3, -0.25) is 9.59 Å². The molecule has 1 heterocycles. The van der Waals surface area contributed by atoms with Gasteiger partial charge in [-0.2, -0.15) is 0 Å². The lowest BCUT2D eigenvalue weighted by molar-refractivity contribution is -0.155. The molecule has 0 saturated carbocycles. The largest absolute Gasteiger partial charge is 0.460 e. The summed E-state index contributed by atoms with van der Waals surface area (Å²) < 4.78 is 5.88. The maximum absolute atomic E-state index is 11.6. The highest BCUT2D eigenvalue weighted by Crippen LogP contribution is 2.21. The van der Waals surface area contributed by atoms with Crippen molar-refractivity contribution in [1.29, 1.82) is 0 Å². The summed E-state index contributed by atoms with van der Waals surface area (Å²) >= 11 is 7.32. The third kappa shape index (κ3) is 7.50. The number of thiophene rings is 1. The smallest absolute Gasteiger partial charge is 0.306 e. The Labute approximate surface area is 128 Å². The molecule has 1 aromatic heterocycles. The summed E-state index contributed by atoms with van der Waals surface area (Å²) in [6.07, 6.45) is 1.00. The molecule has 0 radical (unpaired) electrons. The first-order valence-electron chi connectivity index (χ1n) is 6.49. The van der Waals surface area contributed by atoms with Crippen molar-refractivity contribution in [3.05, 3.63) is 21.3 Å². The zero-order valence-corrected chi connectivity index (χ0v) is 13.6. The number of halogens is 1. The summed E-state index contributed by atoms with van der Waals surface area (Å²) in [5, 5.41) is 2.78. The number of carbonyl (C=O) groups excluding carboxylic acids is 2. The van der Waals surface area contributed by atoms with Crippen LogP contribution in [0.1, 0.15) is 38.5 Å². The van der Waals surface area contributed by atoms with Crippen LogP contribution in [0.25, 0.3) is 0 Å². The number of ether oxygens (including phenoxy) is 1. The van der Waals surface area contributed by atoms with Gasteiger partial charge in [-0.1, -0.05) is 11.6 Å². The van der Waals surface area contributed by atoms with Crippen LogP contribution >= 0.6 is 22.9 Å². The molecule has 0 atom stereocenters. The van der Waals surface area contributed by atoms with E-state index >= 15 is 0 Å². The van der Waals surface area contributed by atoms with E-state index in [1.54, 1.807) is 20.8 Å². The third-order valence-corrected chi connectivity index (χ3v) is 3.59. The van der Waals surface area contributed by atoms with E-state index in [2.05, 4.69) is 5.32 Å². The molecule has 0 bridgehead atoms. The van der Waals surface area contributed by atoms with Crippen molar-refractivity contribution >= 4 is 34.8 Å².